The molecule has 0 aliphatic carbocycles. The molecule has 0 bridgehead atoms. The molecule has 76 valence electrons. The normalized spacial score (nSPS) is 10.6. The second kappa shape index (κ2) is 3.57. The second-order valence-electron chi connectivity index (χ2n) is 2.64. The highest BCUT2D eigenvalue weighted by molar-refractivity contribution is 5.87. The Hall–Kier alpha value is -1.72. The van der Waals surface area contributed by atoms with Gasteiger partial charge >= 0.3 is 5.97 Å². The smallest absolute Gasteiger partial charge is 0.354 e. The van der Waals surface area contributed by atoms with E-state index < -0.39 is 29.4 Å². The molecule has 0 aliphatic rings. The number of carboxylic acid groups (broad SMARTS) is 1. The number of hydrogen-bond donors (Lipinski definition) is 2. The molecule has 0 spiro atoms. The Bertz CT molecular complexity index is 379. The Morgan fingerprint density at radius 3 is 2.57 bits per heavy atom. The molecule has 1 aromatic rings. The lowest BCUT2D eigenvalue weighted by Gasteiger charge is -2.08. The maximum absolute atomic E-state index is 12.4. The number of halogens is 2. The molecule has 1 rings (SSSR count). The fourth-order valence-electron chi connectivity index (χ4n) is 1.10. The molecule has 6 heteroatoms. The van der Waals surface area contributed by atoms with Crippen LogP contribution in [0.5, 0.6) is 5.75 Å². The summed E-state index contributed by atoms with van der Waals surface area (Å²) in [6, 6.07) is 0. The van der Waals surface area contributed by atoms with Gasteiger partial charge in [0, 0.05) is 0 Å². The molecule has 1 aromatic heterocycles. The van der Waals surface area contributed by atoms with Crippen LogP contribution in [0.3, 0.4) is 0 Å². The molecule has 0 aromatic carbocycles. The van der Waals surface area contributed by atoms with Crippen molar-refractivity contribution in [2.45, 2.75) is 13.3 Å². The van der Waals surface area contributed by atoms with Crippen molar-refractivity contribution in [1.29, 1.82) is 0 Å². The topological polar surface area (TPSA) is 70.4 Å². The van der Waals surface area contributed by atoms with Crippen molar-refractivity contribution >= 4 is 5.97 Å². The quantitative estimate of drug-likeness (QED) is 0.767. The number of aromatic hydroxyl groups is 1. The Morgan fingerprint density at radius 1 is 1.57 bits per heavy atom. The first kappa shape index (κ1) is 10.4. The van der Waals surface area contributed by atoms with E-state index in [9.17, 15) is 13.6 Å². The number of hydrogen-bond acceptors (Lipinski definition) is 3. The highest BCUT2D eigenvalue weighted by Crippen LogP contribution is 2.31. The van der Waals surface area contributed by atoms with Crippen molar-refractivity contribution in [2.75, 3.05) is 0 Å². The van der Waals surface area contributed by atoms with Gasteiger partial charge in [0.15, 0.2) is 5.69 Å². The van der Waals surface area contributed by atoms with E-state index in [0.717, 1.165) is 0 Å². The largest absolute Gasteiger partial charge is 0.506 e. The highest BCUT2D eigenvalue weighted by atomic mass is 19.3. The van der Waals surface area contributed by atoms with Gasteiger partial charge < -0.3 is 10.2 Å². The van der Waals surface area contributed by atoms with Crippen LogP contribution in [0.25, 0.3) is 0 Å². The standard InChI is InChI=1S/C8H7F2NO3/c1-3-5(7(9)10)4(12)2-11-6(3)8(13)14/h2,7,12H,1H3,(H,13,14). The van der Waals surface area contributed by atoms with E-state index in [1.807, 2.05) is 0 Å². The van der Waals surface area contributed by atoms with Crippen molar-refractivity contribution in [1.82, 2.24) is 4.98 Å². The molecule has 0 aliphatic heterocycles. The maximum Gasteiger partial charge on any atom is 0.354 e. The zero-order valence-electron chi connectivity index (χ0n) is 7.16. The lowest BCUT2D eigenvalue weighted by molar-refractivity contribution is 0.0688. The summed E-state index contributed by atoms with van der Waals surface area (Å²) in [6.07, 6.45) is -2.21. The minimum absolute atomic E-state index is 0.215. The van der Waals surface area contributed by atoms with Crippen LogP contribution < -0.4 is 0 Å². The highest BCUT2D eigenvalue weighted by Gasteiger charge is 2.21. The molecule has 0 saturated heterocycles. The third-order valence-electron chi connectivity index (χ3n) is 1.77. The third-order valence-corrected chi connectivity index (χ3v) is 1.77. The first-order chi connectivity index (χ1) is 6.45. The van der Waals surface area contributed by atoms with Crippen LogP contribution in [0, 0.1) is 6.92 Å². The number of carboxylic acids is 1. The van der Waals surface area contributed by atoms with Crippen molar-refractivity contribution in [3.8, 4) is 5.75 Å². The van der Waals surface area contributed by atoms with E-state index in [4.69, 9.17) is 10.2 Å². The van der Waals surface area contributed by atoms with Gasteiger partial charge in [0.2, 0.25) is 0 Å². The lowest BCUT2D eigenvalue weighted by atomic mass is 10.1. The summed E-state index contributed by atoms with van der Waals surface area (Å²) < 4.78 is 24.7. The molecule has 0 saturated carbocycles. The average Bonchev–Trinajstić information content (AvgIpc) is 2.02. The van der Waals surface area contributed by atoms with E-state index in [2.05, 4.69) is 4.98 Å². The number of nitrogens with zero attached hydrogens (tertiary/aromatic N) is 1. The minimum atomic E-state index is -2.92. The molecular weight excluding hydrogens is 196 g/mol. The molecule has 2 N–H and O–H groups in total. The summed E-state index contributed by atoms with van der Waals surface area (Å²) in [5.74, 6) is -2.09. The summed E-state index contributed by atoms with van der Waals surface area (Å²) in [6.45, 7) is 1.18. The Labute approximate surface area is 77.8 Å². The van der Waals surface area contributed by atoms with Gasteiger partial charge in [0.1, 0.15) is 5.75 Å². The van der Waals surface area contributed by atoms with Gasteiger partial charge in [0.05, 0.1) is 11.8 Å². The molecule has 0 unspecified atom stereocenters. The van der Waals surface area contributed by atoms with Crippen LogP contribution >= 0.6 is 0 Å². The van der Waals surface area contributed by atoms with Gasteiger partial charge in [-0.1, -0.05) is 0 Å². The Kier molecular flexibility index (Phi) is 2.64. The lowest BCUT2D eigenvalue weighted by Crippen LogP contribution is -2.06. The van der Waals surface area contributed by atoms with Crippen LogP contribution in [-0.2, 0) is 0 Å². The van der Waals surface area contributed by atoms with Gasteiger partial charge in [-0.15, -0.1) is 0 Å². The van der Waals surface area contributed by atoms with Gasteiger partial charge in [-0.3, -0.25) is 0 Å². The monoisotopic (exact) mass is 203 g/mol. The summed E-state index contributed by atoms with van der Waals surface area (Å²) in [4.78, 5) is 13.9. The van der Waals surface area contributed by atoms with Crippen LogP contribution in [-0.4, -0.2) is 21.2 Å². The number of carbonyl (C=O) groups is 1. The Morgan fingerprint density at radius 2 is 2.14 bits per heavy atom. The predicted octanol–water partition coefficient (Wildman–Crippen LogP) is 1.73. The average molecular weight is 203 g/mol. The SMILES string of the molecule is Cc1c(C(=O)O)ncc(O)c1C(F)F. The number of aromatic nitrogens is 1. The zero-order valence-corrected chi connectivity index (χ0v) is 7.16. The van der Waals surface area contributed by atoms with Crippen LogP contribution in [0.2, 0.25) is 0 Å². The summed E-state index contributed by atoms with van der Waals surface area (Å²) in [5, 5.41) is 17.6. The first-order valence-corrected chi connectivity index (χ1v) is 3.65. The fourth-order valence-corrected chi connectivity index (χ4v) is 1.10. The molecule has 0 radical (unpaired) electrons. The van der Waals surface area contributed by atoms with E-state index >= 15 is 0 Å². The fraction of sp³-hybridized carbons (Fsp3) is 0.250. The summed E-state index contributed by atoms with van der Waals surface area (Å²) >= 11 is 0. The van der Waals surface area contributed by atoms with Gasteiger partial charge in [-0.05, 0) is 12.5 Å². The van der Waals surface area contributed by atoms with Gasteiger partial charge in [-0.2, -0.15) is 0 Å². The van der Waals surface area contributed by atoms with E-state index in [1.54, 1.807) is 0 Å². The number of pyridine rings is 1. The van der Waals surface area contributed by atoms with Crippen molar-refractivity contribution in [3.05, 3.63) is 23.0 Å². The number of aromatic carboxylic acids is 1. The van der Waals surface area contributed by atoms with Gasteiger partial charge in [0.25, 0.3) is 6.43 Å². The third kappa shape index (κ3) is 1.63. The molecule has 14 heavy (non-hydrogen) atoms. The number of alkyl halides is 2. The van der Waals surface area contributed by atoms with Crippen LogP contribution in [0.1, 0.15) is 28.0 Å². The van der Waals surface area contributed by atoms with Gasteiger partial charge in [-0.25, -0.2) is 18.6 Å². The van der Waals surface area contributed by atoms with Crippen LogP contribution in [0.15, 0.2) is 6.20 Å². The maximum atomic E-state index is 12.4. The number of rotatable bonds is 2. The summed E-state index contributed by atoms with van der Waals surface area (Å²) in [5.41, 5.74) is -1.37. The van der Waals surface area contributed by atoms with E-state index in [1.165, 1.54) is 6.92 Å². The molecule has 0 amide bonds. The van der Waals surface area contributed by atoms with Crippen molar-refractivity contribution < 1.29 is 23.8 Å². The summed E-state index contributed by atoms with van der Waals surface area (Å²) in [7, 11) is 0. The van der Waals surface area contributed by atoms with E-state index in [-0.39, 0.29) is 5.56 Å². The predicted molar refractivity (Wildman–Crippen MR) is 42.6 cm³/mol. The molecule has 0 fully saturated rings. The Balaban J connectivity index is 3.41. The zero-order chi connectivity index (χ0) is 10.9. The second-order valence-corrected chi connectivity index (χ2v) is 2.64. The van der Waals surface area contributed by atoms with Crippen molar-refractivity contribution in [3.63, 3.8) is 0 Å². The van der Waals surface area contributed by atoms with E-state index in [0.29, 0.717) is 6.20 Å². The minimum Gasteiger partial charge on any atom is -0.506 e. The molecule has 1 heterocycles. The molecular formula is C8H7F2NO3. The van der Waals surface area contributed by atoms with Crippen molar-refractivity contribution in [2.24, 2.45) is 0 Å². The molecule has 4 nitrogen and oxygen atoms in total. The van der Waals surface area contributed by atoms with Crippen LogP contribution in [0.4, 0.5) is 8.78 Å². The first-order valence-electron chi connectivity index (χ1n) is 3.65. The molecule has 0 atom stereocenters.